The number of methoxy groups -OCH3 is 4. The molecule has 4 N–H and O–H groups in total. The van der Waals surface area contributed by atoms with Gasteiger partial charge in [0, 0.05) is 101 Å². The molecule has 0 aliphatic carbocycles. The number of para-hydroxylation sites is 2. The van der Waals surface area contributed by atoms with E-state index in [9.17, 15) is 0 Å². The maximum Gasteiger partial charge on any atom is -0.0134 e. The van der Waals surface area contributed by atoms with E-state index in [2.05, 4.69) is 223 Å². The maximum atomic E-state index is 9.04. The summed E-state index contributed by atoms with van der Waals surface area (Å²) in [5.41, 5.74) is 6.28. The summed E-state index contributed by atoms with van der Waals surface area (Å²) in [6.07, 6.45) is 8.55. The van der Waals surface area contributed by atoms with Crippen LogP contribution < -0.4 is 66.9 Å². The van der Waals surface area contributed by atoms with E-state index in [-0.39, 0.29) is 21.2 Å². The Balaban J connectivity index is 0.000000140. The molecule has 0 aliphatic heterocycles. The number of hydrogen-bond acceptors (Lipinski definition) is 16. The Morgan fingerprint density at radius 1 is 0.369 bits per heavy atom. The van der Waals surface area contributed by atoms with Gasteiger partial charge in [0.2, 0.25) is 5.28 Å². The van der Waals surface area contributed by atoms with Crippen molar-refractivity contribution in [2.75, 3.05) is 52.2 Å². The van der Waals surface area contributed by atoms with Crippen LogP contribution in [0.1, 0.15) is 11.4 Å². The van der Waals surface area contributed by atoms with Crippen molar-refractivity contribution in [2.45, 2.75) is 12.8 Å². The minimum Gasteiger partial charge on any atom is -0.0622 e. The van der Waals surface area contributed by atoms with Crippen LogP contribution in [0, 0.1) is 0 Å². The Morgan fingerprint density at radius 2 is 0.712 bits per heavy atom. The minimum atomic E-state index is -1.46. The predicted molar refractivity (Wildman–Crippen MR) is 457 cm³/mol. The van der Waals surface area contributed by atoms with Gasteiger partial charge in [-0.25, -0.2) is 19.9 Å². The molecule has 0 radical (unpaired) electrons. The molecule has 10 aromatic carbocycles. The van der Waals surface area contributed by atoms with E-state index >= 15 is 0 Å². The molecule has 0 amide bonds. The number of anilines is 2. The third-order valence-corrected chi connectivity index (χ3v) is 22.1. The zero-order valence-electron chi connectivity index (χ0n) is 61.0. The van der Waals surface area contributed by atoms with Crippen molar-refractivity contribution in [1.82, 2.24) is 39.9 Å². The topological polar surface area (TPSA) is 205 Å². The van der Waals surface area contributed by atoms with Crippen molar-refractivity contribution in [1.29, 1.82) is 0 Å². The first-order valence-corrected chi connectivity index (χ1v) is 42.2. The van der Waals surface area contributed by atoms with Gasteiger partial charge in [-0.15, -0.1) is 0 Å². The van der Waals surface area contributed by atoms with Gasteiger partial charge in [0.25, 0.3) is 0 Å². The molecule has 560 valence electrons. The molecule has 0 saturated heterocycles. The summed E-state index contributed by atoms with van der Waals surface area (Å²) in [5, 5.41) is 37.0. The van der Waals surface area contributed by atoms with Crippen LogP contribution in [0.15, 0.2) is 328 Å². The summed E-state index contributed by atoms with van der Waals surface area (Å²) in [4.78, 5) is 35.7. The Hall–Kier alpha value is -10.8. The van der Waals surface area contributed by atoms with Gasteiger partial charge in [-0.2, -0.15) is 0 Å². The van der Waals surface area contributed by atoms with E-state index in [4.69, 9.17) is 69.6 Å². The van der Waals surface area contributed by atoms with E-state index in [1.807, 2.05) is 103 Å². The SMILES string of the molecule is COc1cc2nc(-c3cccc4cccnc34)nc(NCCc3ccccn3)c2cc1OC.COc1cc2nc(Cl)nc(NCCc3ccccn3)c2cc1OC.OB(O)c1cccc2cccnc12.[Cl][Pd][Cl].c1ccc(P(c2ccccc2)c2ccccc2)cc1.c1ccc(P(c2ccccc2)c2ccccc2)cc1. The van der Waals surface area contributed by atoms with E-state index in [0.717, 1.165) is 68.2 Å². The molecule has 0 saturated carbocycles. The summed E-state index contributed by atoms with van der Waals surface area (Å²) in [6.45, 7) is 1.35. The zero-order chi connectivity index (χ0) is 77.4. The van der Waals surface area contributed by atoms with Crippen LogP contribution in [-0.4, -0.2) is 98.6 Å². The van der Waals surface area contributed by atoms with E-state index in [0.29, 0.717) is 64.2 Å². The van der Waals surface area contributed by atoms with Crippen LogP contribution in [0.4, 0.5) is 11.6 Å². The number of aromatic nitrogens is 8. The van der Waals surface area contributed by atoms with Crippen LogP contribution >= 0.6 is 46.5 Å². The van der Waals surface area contributed by atoms with Crippen LogP contribution in [-0.2, 0) is 28.8 Å². The van der Waals surface area contributed by atoms with Crippen LogP contribution in [0.3, 0.4) is 0 Å². The second kappa shape index (κ2) is 43.0. The Morgan fingerprint density at radius 3 is 1.10 bits per heavy atom. The predicted octanol–water partition coefficient (Wildman–Crippen LogP) is 16.4. The number of ether oxygens (including phenoxy) is 4. The molecular formula is C88H78BCl3N10O6P2Pd. The summed E-state index contributed by atoms with van der Waals surface area (Å²) in [5.74, 6) is 4.43. The van der Waals surface area contributed by atoms with Gasteiger partial charge in [0.05, 0.1) is 50.5 Å². The number of pyridine rings is 4. The Kier molecular flexibility index (Phi) is 31.4. The molecule has 16 rings (SSSR count). The van der Waals surface area contributed by atoms with E-state index in [1.165, 1.54) is 31.8 Å². The van der Waals surface area contributed by atoms with Crippen molar-refractivity contribution in [2.24, 2.45) is 0 Å². The number of hydrogen-bond donors (Lipinski definition) is 4. The third kappa shape index (κ3) is 22.7. The average Bonchev–Trinajstić information content (AvgIpc) is 0.751. The molecule has 0 unspecified atom stereocenters. The summed E-state index contributed by atoms with van der Waals surface area (Å²) < 4.78 is 21.7. The fourth-order valence-corrected chi connectivity index (χ4v) is 16.7. The van der Waals surface area contributed by atoms with Gasteiger partial charge in [0.1, 0.15) is 11.6 Å². The van der Waals surface area contributed by atoms with Gasteiger partial charge in [-0.05, 0) is 119 Å². The fourth-order valence-electron chi connectivity index (χ4n) is 12.0. The van der Waals surface area contributed by atoms with Crippen molar-refractivity contribution in [3.63, 3.8) is 0 Å². The average molecular weight is 1660 g/mol. The van der Waals surface area contributed by atoms with E-state index < -0.39 is 23.0 Å². The molecule has 0 bridgehead atoms. The first kappa shape index (κ1) is 81.2. The standard InChI is InChI=1S/C26H23N5O2.2C18H15P.C17H17ClN4O2.C9H8BNO2.2ClH.Pd/c1-32-22-15-20-21(16-23(22)33-2)30-26(19-10-5-7-17-8-6-13-28-24(17)19)31-25(20)29-14-11-18-9-3-4-12-27-18;2*1-4-10-16(11-5-1)19(17-12-6-2-7-13-17)18-14-8-3-9-15-18;1-23-14-9-12-13(10-15(14)24-2)21-17(18)22-16(12)20-8-6-11-5-3-4-7-19-11;12-10(13)8-5-1-3-7-4-2-6-11-9(7)8;;;/h3-10,12-13,15-16H,11,14H2,1-2H3,(H,29,30,31);2*1-15H;3-5,7,9-10H,6,8H2,1-2H3,(H,20,21,22);1-6,12-13H;2*1H;/q;;;;;;;+2/p-2. The number of rotatable bonds is 20. The van der Waals surface area contributed by atoms with Crippen LogP contribution in [0.5, 0.6) is 23.0 Å². The molecule has 0 aliphatic rings. The molecule has 23 heteroatoms. The molecule has 111 heavy (non-hydrogen) atoms. The first-order chi connectivity index (χ1) is 54.6. The van der Waals surface area contributed by atoms with Crippen LogP contribution in [0.25, 0.3) is 55.0 Å². The number of fused-ring (bicyclic) bond motifs is 4. The molecule has 0 spiro atoms. The molecule has 6 aromatic heterocycles. The van der Waals surface area contributed by atoms with Crippen molar-refractivity contribution >= 4 is 146 Å². The summed E-state index contributed by atoms with van der Waals surface area (Å²) in [7, 11) is 13.7. The Labute approximate surface area is 670 Å². The molecule has 0 fully saturated rings. The quantitative estimate of drug-likeness (QED) is 0.0318. The number of halogens is 3. The monoisotopic (exact) mass is 1650 g/mol. The fraction of sp³-hybridized carbons (Fsp3) is 0.0909. The van der Waals surface area contributed by atoms with Gasteiger partial charge in [-0.1, -0.05) is 237 Å². The Bertz CT molecular complexity index is 5210. The summed E-state index contributed by atoms with van der Waals surface area (Å²) >= 11 is 5.94. The normalized spacial score (nSPS) is 10.6. The number of nitrogens with zero attached hydrogens (tertiary/aromatic N) is 8. The molecule has 6 heterocycles. The van der Waals surface area contributed by atoms with E-state index in [1.54, 1.807) is 71.4 Å². The van der Waals surface area contributed by atoms with Crippen molar-refractivity contribution < 1.29 is 44.9 Å². The van der Waals surface area contributed by atoms with Crippen molar-refractivity contribution in [3.05, 3.63) is 345 Å². The zero-order valence-corrected chi connectivity index (χ0v) is 66.6. The molecule has 0 atom stereocenters. The molecule has 16 nitrogen and oxygen atoms in total. The van der Waals surface area contributed by atoms with Gasteiger partial charge in [-0.3, -0.25) is 19.9 Å². The largest absolute Gasteiger partial charge is 0.0622 e. The number of benzene rings is 10. The smallest absolute Gasteiger partial charge is 0.0134 e. The van der Waals surface area contributed by atoms with Crippen LogP contribution in [0.2, 0.25) is 5.28 Å². The maximum absolute atomic E-state index is 9.04. The first-order valence-electron chi connectivity index (χ1n) is 35.2. The molecular weight excluding hydrogens is 1580 g/mol. The summed E-state index contributed by atoms with van der Waals surface area (Å²) in [6, 6.07) is 103. The van der Waals surface area contributed by atoms with Crippen molar-refractivity contribution in [3.8, 4) is 34.4 Å². The minimum absolute atomic E-state index is 0.106. The second-order valence-electron chi connectivity index (χ2n) is 24.1. The van der Waals surface area contributed by atoms with Gasteiger partial charge >= 0.3 is 42.1 Å². The number of nitrogens with one attached hydrogen (secondary N) is 2. The second-order valence-corrected chi connectivity index (χ2v) is 31.2. The molecule has 16 aromatic rings. The van der Waals surface area contributed by atoms with Gasteiger partial charge in [0.15, 0.2) is 28.8 Å². The van der Waals surface area contributed by atoms with Gasteiger partial charge < -0.3 is 39.6 Å². The third-order valence-electron chi connectivity index (χ3n) is 17.1.